The molecule has 1 aromatic carbocycles. The van der Waals surface area contributed by atoms with E-state index in [-0.39, 0.29) is 35.0 Å². The number of alkyl halides is 3. The van der Waals surface area contributed by atoms with Gasteiger partial charge in [-0.2, -0.15) is 5.26 Å². The van der Waals surface area contributed by atoms with Gasteiger partial charge in [-0.05, 0) is 54.7 Å². The fraction of sp³-hybridized carbons (Fsp3) is 0.381. The summed E-state index contributed by atoms with van der Waals surface area (Å²) in [7, 11) is -3.78. The highest BCUT2D eigenvalue weighted by molar-refractivity contribution is 7.91. The fourth-order valence-electron chi connectivity index (χ4n) is 3.74. The maximum absolute atomic E-state index is 13.1. The molecule has 0 spiro atoms. The van der Waals surface area contributed by atoms with Crippen LogP contribution in [0.25, 0.3) is 0 Å². The Labute approximate surface area is 182 Å². The van der Waals surface area contributed by atoms with Crippen molar-refractivity contribution in [3.8, 4) is 11.8 Å². The van der Waals surface area contributed by atoms with Crippen molar-refractivity contribution in [2.24, 2.45) is 0 Å². The quantitative estimate of drug-likeness (QED) is 0.670. The molecule has 2 aromatic rings. The number of anilines is 1. The standard InChI is InChI=1S/C21H18F3N3O4S/c1-2-32(29,30)17-10-14(20(12-25)6-7-20)11-26-18(17)27-8-5-13-9-15(31-21(22,23)24)3-4-16(13)19(27)28/h3-4,9-11H,2,5-8H2,1H3. The molecule has 7 nitrogen and oxygen atoms in total. The van der Waals surface area contributed by atoms with Crippen LogP contribution in [0.1, 0.15) is 41.3 Å². The van der Waals surface area contributed by atoms with Crippen molar-refractivity contribution in [2.75, 3.05) is 17.2 Å². The van der Waals surface area contributed by atoms with Crippen LogP contribution < -0.4 is 9.64 Å². The lowest BCUT2D eigenvalue weighted by Crippen LogP contribution is -2.39. The minimum Gasteiger partial charge on any atom is -0.406 e. The first-order valence-electron chi connectivity index (χ1n) is 9.85. The average Bonchev–Trinajstić information content (AvgIpc) is 3.54. The van der Waals surface area contributed by atoms with Crippen LogP contribution >= 0.6 is 0 Å². The number of benzene rings is 1. The molecule has 2 aliphatic rings. The van der Waals surface area contributed by atoms with E-state index in [2.05, 4.69) is 15.8 Å². The van der Waals surface area contributed by atoms with Crippen LogP contribution in [-0.4, -0.2) is 38.0 Å². The normalized spacial score (nSPS) is 17.5. The molecule has 0 unspecified atom stereocenters. The number of hydrogen-bond acceptors (Lipinski definition) is 6. The highest BCUT2D eigenvalue weighted by Gasteiger charge is 2.46. The summed E-state index contributed by atoms with van der Waals surface area (Å²) in [5, 5.41) is 9.45. The van der Waals surface area contributed by atoms with Gasteiger partial charge in [0, 0.05) is 18.3 Å². The van der Waals surface area contributed by atoms with E-state index in [0.29, 0.717) is 24.0 Å². The Morgan fingerprint density at radius 3 is 2.59 bits per heavy atom. The van der Waals surface area contributed by atoms with Gasteiger partial charge in [0.1, 0.15) is 10.6 Å². The fourth-order valence-corrected chi connectivity index (χ4v) is 4.80. The minimum atomic E-state index is -4.85. The van der Waals surface area contributed by atoms with Gasteiger partial charge in [0.15, 0.2) is 15.7 Å². The lowest BCUT2D eigenvalue weighted by atomic mass is 9.98. The molecular weight excluding hydrogens is 447 g/mol. The zero-order chi connectivity index (χ0) is 23.3. The van der Waals surface area contributed by atoms with Gasteiger partial charge in [-0.1, -0.05) is 6.92 Å². The molecule has 1 saturated carbocycles. The Morgan fingerprint density at radius 2 is 2.00 bits per heavy atom. The maximum Gasteiger partial charge on any atom is 0.573 e. The van der Waals surface area contributed by atoms with Crippen LogP contribution in [0, 0.1) is 11.3 Å². The molecule has 1 aliphatic carbocycles. The molecule has 1 amide bonds. The molecule has 0 radical (unpaired) electrons. The largest absolute Gasteiger partial charge is 0.573 e. The molecule has 1 aliphatic heterocycles. The Balaban J connectivity index is 1.73. The first-order valence-corrected chi connectivity index (χ1v) is 11.5. The SMILES string of the molecule is CCS(=O)(=O)c1cc(C2(C#N)CC2)cnc1N1CCc2cc(OC(F)(F)F)ccc2C1=O. The van der Waals surface area contributed by atoms with Gasteiger partial charge >= 0.3 is 6.36 Å². The topological polar surface area (TPSA) is 100 Å². The number of aromatic nitrogens is 1. The Kier molecular flexibility index (Phi) is 5.16. The van der Waals surface area contributed by atoms with Gasteiger partial charge in [0.05, 0.1) is 17.2 Å². The predicted octanol–water partition coefficient (Wildman–Crippen LogP) is 3.53. The van der Waals surface area contributed by atoms with E-state index >= 15 is 0 Å². The number of sulfone groups is 1. The van der Waals surface area contributed by atoms with E-state index < -0.39 is 33.3 Å². The van der Waals surface area contributed by atoms with Gasteiger partial charge in [0.2, 0.25) is 0 Å². The van der Waals surface area contributed by atoms with Crippen LogP contribution in [0.15, 0.2) is 35.4 Å². The summed E-state index contributed by atoms with van der Waals surface area (Å²) in [5.74, 6) is -1.27. The van der Waals surface area contributed by atoms with Crippen molar-refractivity contribution in [2.45, 2.75) is 42.9 Å². The number of fused-ring (bicyclic) bond motifs is 1. The van der Waals surface area contributed by atoms with E-state index in [1.165, 1.54) is 30.2 Å². The molecular formula is C21H18F3N3O4S. The minimum absolute atomic E-state index is 0.0310. The summed E-state index contributed by atoms with van der Waals surface area (Å²) in [4.78, 5) is 18.5. The van der Waals surface area contributed by atoms with Crippen LogP contribution in [0.4, 0.5) is 19.0 Å². The number of nitrogens with zero attached hydrogens (tertiary/aromatic N) is 3. The summed E-state index contributed by atoms with van der Waals surface area (Å²) in [6.45, 7) is 1.50. The number of hydrogen-bond donors (Lipinski definition) is 0. The van der Waals surface area contributed by atoms with Gasteiger partial charge in [-0.15, -0.1) is 13.2 Å². The number of carbonyl (C=O) groups excluding carboxylic acids is 1. The molecule has 0 bridgehead atoms. The second-order valence-corrected chi connectivity index (χ2v) is 9.96. The molecule has 0 saturated heterocycles. The zero-order valence-electron chi connectivity index (χ0n) is 16.9. The van der Waals surface area contributed by atoms with E-state index in [0.717, 1.165) is 12.1 Å². The van der Waals surface area contributed by atoms with Crippen molar-refractivity contribution >= 4 is 21.6 Å². The number of pyridine rings is 1. The lowest BCUT2D eigenvalue weighted by molar-refractivity contribution is -0.274. The van der Waals surface area contributed by atoms with Crippen molar-refractivity contribution in [3.05, 3.63) is 47.2 Å². The number of carbonyl (C=O) groups is 1. The van der Waals surface area contributed by atoms with Crippen molar-refractivity contribution in [3.63, 3.8) is 0 Å². The molecule has 32 heavy (non-hydrogen) atoms. The second kappa shape index (κ2) is 7.48. The zero-order valence-corrected chi connectivity index (χ0v) is 17.8. The molecule has 1 aromatic heterocycles. The lowest BCUT2D eigenvalue weighted by Gasteiger charge is -2.29. The van der Waals surface area contributed by atoms with E-state index in [4.69, 9.17) is 0 Å². The van der Waals surface area contributed by atoms with Crippen molar-refractivity contribution in [1.29, 1.82) is 5.26 Å². The molecule has 0 atom stereocenters. The molecule has 2 heterocycles. The van der Waals surface area contributed by atoms with E-state index in [9.17, 15) is 31.6 Å². The summed E-state index contributed by atoms with van der Waals surface area (Å²) >= 11 is 0. The third-order valence-corrected chi connectivity index (χ3v) is 7.44. The summed E-state index contributed by atoms with van der Waals surface area (Å²) in [5.41, 5.74) is 0.254. The number of rotatable bonds is 5. The van der Waals surface area contributed by atoms with Crippen molar-refractivity contribution < 1.29 is 31.1 Å². The molecule has 168 valence electrons. The van der Waals surface area contributed by atoms with Gasteiger partial charge in [-0.3, -0.25) is 9.69 Å². The van der Waals surface area contributed by atoms with Gasteiger partial charge < -0.3 is 4.74 Å². The molecule has 4 rings (SSSR count). The first-order chi connectivity index (χ1) is 15.0. The van der Waals surface area contributed by atoms with E-state index in [1.54, 1.807) is 0 Å². The Bertz CT molecular complexity index is 1250. The smallest absolute Gasteiger partial charge is 0.406 e. The predicted molar refractivity (Wildman–Crippen MR) is 107 cm³/mol. The van der Waals surface area contributed by atoms with Crippen LogP contribution in [0.5, 0.6) is 5.75 Å². The van der Waals surface area contributed by atoms with Gasteiger partial charge in [0.25, 0.3) is 5.91 Å². The average molecular weight is 465 g/mol. The monoisotopic (exact) mass is 465 g/mol. The highest BCUT2D eigenvalue weighted by atomic mass is 32.2. The van der Waals surface area contributed by atoms with Crippen LogP contribution in [0.3, 0.4) is 0 Å². The molecule has 11 heteroatoms. The van der Waals surface area contributed by atoms with Gasteiger partial charge in [-0.25, -0.2) is 13.4 Å². The number of amides is 1. The number of nitriles is 1. The third kappa shape index (κ3) is 3.90. The highest BCUT2D eigenvalue weighted by Crippen LogP contribution is 2.48. The Hall–Kier alpha value is -3.13. The molecule has 0 N–H and O–H groups in total. The van der Waals surface area contributed by atoms with Crippen LogP contribution in [-0.2, 0) is 21.7 Å². The first kappa shape index (κ1) is 22.1. The summed E-state index contributed by atoms with van der Waals surface area (Å²) in [6, 6.07) is 7.04. The molecule has 1 fully saturated rings. The van der Waals surface area contributed by atoms with Crippen LogP contribution in [0.2, 0.25) is 0 Å². The third-order valence-electron chi connectivity index (χ3n) is 5.71. The number of ether oxygens (including phenoxy) is 1. The Morgan fingerprint density at radius 1 is 1.28 bits per heavy atom. The summed E-state index contributed by atoms with van der Waals surface area (Å²) in [6.07, 6.45) is -2.03. The summed E-state index contributed by atoms with van der Waals surface area (Å²) < 4.78 is 67.0. The van der Waals surface area contributed by atoms with E-state index in [1.807, 2.05) is 0 Å². The maximum atomic E-state index is 13.1. The number of halogens is 3. The second-order valence-electron chi connectivity index (χ2n) is 7.72. The van der Waals surface area contributed by atoms with Crippen molar-refractivity contribution in [1.82, 2.24) is 4.98 Å².